The fourth-order valence-corrected chi connectivity index (χ4v) is 2.53. The molecule has 1 heterocycles. The molecule has 2 aromatic carbocycles. The molecule has 3 rings (SSSR count). The zero-order chi connectivity index (χ0) is 15.0. The van der Waals surface area contributed by atoms with E-state index in [2.05, 4.69) is 0 Å². The summed E-state index contributed by atoms with van der Waals surface area (Å²) in [6.45, 7) is 0.397. The van der Waals surface area contributed by atoms with Crippen LogP contribution in [0.15, 0.2) is 36.4 Å². The molecule has 1 amide bonds. The monoisotopic (exact) mass is 322 g/mol. The Morgan fingerprint density at radius 2 is 1.95 bits per heavy atom. The Hall–Kier alpha value is -1.91. The molecule has 0 bridgehead atoms. The fourth-order valence-electron chi connectivity index (χ4n) is 2.21. The number of nitrogens with two attached hydrogens (primary N) is 1. The van der Waals surface area contributed by atoms with Crippen molar-refractivity contribution in [2.75, 3.05) is 17.2 Å². The normalized spacial score (nSPS) is 13.8. The topological polar surface area (TPSA) is 55.6 Å². The van der Waals surface area contributed by atoms with Gasteiger partial charge in [-0.1, -0.05) is 29.3 Å². The first-order valence-corrected chi connectivity index (χ1v) is 7.07. The van der Waals surface area contributed by atoms with Gasteiger partial charge in [0.25, 0.3) is 5.91 Å². The van der Waals surface area contributed by atoms with E-state index in [0.717, 1.165) is 5.56 Å². The Morgan fingerprint density at radius 3 is 2.71 bits per heavy atom. The van der Waals surface area contributed by atoms with Crippen LogP contribution in [-0.4, -0.2) is 12.5 Å². The van der Waals surface area contributed by atoms with Gasteiger partial charge in [0.05, 0.1) is 22.3 Å². The zero-order valence-electron chi connectivity index (χ0n) is 11.0. The Kier molecular flexibility index (Phi) is 3.66. The molecule has 0 aromatic heterocycles. The van der Waals surface area contributed by atoms with Gasteiger partial charge >= 0.3 is 0 Å². The second-order valence-corrected chi connectivity index (χ2v) is 5.56. The van der Waals surface area contributed by atoms with Crippen LogP contribution in [0.1, 0.15) is 5.56 Å². The first kappa shape index (κ1) is 14.0. The molecule has 0 aliphatic carbocycles. The lowest BCUT2D eigenvalue weighted by Gasteiger charge is -2.29. The number of nitrogens with zero attached hydrogens (tertiary/aromatic N) is 1. The van der Waals surface area contributed by atoms with Crippen molar-refractivity contribution in [1.29, 1.82) is 0 Å². The number of ether oxygens (including phenoxy) is 1. The summed E-state index contributed by atoms with van der Waals surface area (Å²) in [7, 11) is 0. The third-order valence-corrected chi connectivity index (χ3v) is 3.99. The molecular formula is C15H12Cl2N2O2. The van der Waals surface area contributed by atoms with Crippen LogP contribution in [0.3, 0.4) is 0 Å². The standard InChI is InChI=1S/C15H12Cl2N2O2/c16-11-3-1-9(5-12(11)17)7-19-13-6-10(18)2-4-14(13)21-8-15(19)20/h1-6H,7-8,18H2. The first-order chi connectivity index (χ1) is 10.0. The number of halogens is 2. The average molecular weight is 323 g/mol. The van der Waals surface area contributed by atoms with Gasteiger partial charge in [-0.15, -0.1) is 0 Å². The predicted octanol–water partition coefficient (Wildman–Crippen LogP) is 3.50. The lowest BCUT2D eigenvalue weighted by Crippen LogP contribution is -2.38. The number of hydrogen-bond acceptors (Lipinski definition) is 3. The molecule has 6 heteroatoms. The summed E-state index contributed by atoms with van der Waals surface area (Å²) in [5.74, 6) is 0.517. The van der Waals surface area contributed by atoms with Crippen molar-refractivity contribution in [3.63, 3.8) is 0 Å². The number of amides is 1. The molecule has 2 N–H and O–H groups in total. The van der Waals surface area contributed by atoms with Crippen LogP contribution in [0.25, 0.3) is 0 Å². The third kappa shape index (κ3) is 2.77. The molecule has 0 fully saturated rings. The highest BCUT2D eigenvalue weighted by Gasteiger charge is 2.25. The van der Waals surface area contributed by atoms with Crippen LogP contribution < -0.4 is 15.4 Å². The average Bonchev–Trinajstić information content (AvgIpc) is 2.46. The maximum absolute atomic E-state index is 12.1. The van der Waals surface area contributed by atoms with Gasteiger partial charge in [0.2, 0.25) is 0 Å². The van der Waals surface area contributed by atoms with Gasteiger partial charge in [0.1, 0.15) is 5.75 Å². The Bertz CT molecular complexity index is 719. The maximum atomic E-state index is 12.1. The molecule has 4 nitrogen and oxygen atoms in total. The quantitative estimate of drug-likeness (QED) is 0.861. The van der Waals surface area contributed by atoms with Crippen LogP contribution in [-0.2, 0) is 11.3 Å². The minimum atomic E-state index is -0.126. The molecule has 0 unspecified atom stereocenters. The number of hydrogen-bond donors (Lipinski definition) is 1. The molecular weight excluding hydrogens is 311 g/mol. The number of fused-ring (bicyclic) bond motifs is 1. The summed E-state index contributed by atoms with van der Waals surface area (Å²) in [5.41, 5.74) is 7.92. The van der Waals surface area contributed by atoms with Crippen molar-refractivity contribution < 1.29 is 9.53 Å². The van der Waals surface area contributed by atoms with Gasteiger partial charge in [0.15, 0.2) is 6.61 Å². The van der Waals surface area contributed by atoms with Crippen molar-refractivity contribution in [3.8, 4) is 5.75 Å². The van der Waals surface area contributed by atoms with Crippen molar-refractivity contribution >= 4 is 40.5 Å². The lowest BCUT2D eigenvalue weighted by atomic mass is 10.1. The number of carbonyl (C=O) groups is 1. The summed E-state index contributed by atoms with van der Waals surface area (Å²) in [6.07, 6.45) is 0. The molecule has 21 heavy (non-hydrogen) atoms. The van der Waals surface area contributed by atoms with Gasteiger partial charge in [0, 0.05) is 5.69 Å². The Morgan fingerprint density at radius 1 is 1.14 bits per heavy atom. The molecule has 0 spiro atoms. The first-order valence-electron chi connectivity index (χ1n) is 6.31. The van der Waals surface area contributed by atoms with Crippen molar-refractivity contribution in [2.24, 2.45) is 0 Å². The van der Waals surface area contributed by atoms with E-state index in [1.807, 2.05) is 6.07 Å². The number of carbonyl (C=O) groups excluding carboxylic acids is 1. The van der Waals surface area contributed by atoms with Crippen molar-refractivity contribution in [3.05, 3.63) is 52.0 Å². The van der Waals surface area contributed by atoms with E-state index in [1.54, 1.807) is 35.2 Å². The maximum Gasteiger partial charge on any atom is 0.265 e. The zero-order valence-corrected chi connectivity index (χ0v) is 12.5. The molecule has 1 aliphatic rings. The molecule has 1 aliphatic heterocycles. The SMILES string of the molecule is Nc1ccc2c(c1)N(Cc1ccc(Cl)c(Cl)c1)C(=O)CO2. The van der Waals surface area contributed by atoms with Crippen molar-refractivity contribution in [1.82, 2.24) is 0 Å². The van der Waals surface area contributed by atoms with E-state index in [0.29, 0.717) is 33.7 Å². The van der Waals surface area contributed by atoms with Crippen LogP contribution >= 0.6 is 23.2 Å². The number of anilines is 2. The van der Waals surface area contributed by atoms with E-state index in [-0.39, 0.29) is 12.5 Å². The van der Waals surface area contributed by atoms with E-state index < -0.39 is 0 Å². The highest BCUT2D eigenvalue weighted by atomic mass is 35.5. The Labute approximate surface area is 132 Å². The minimum Gasteiger partial charge on any atom is -0.482 e. The molecule has 2 aromatic rings. The molecule has 0 radical (unpaired) electrons. The van der Waals surface area contributed by atoms with E-state index in [1.165, 1.54) is 0 Å². The van der Waals surface area contributed by atoms with Gasteiger partial charge < -0.3 is 15.4 Å². The molecule has 0 saturated heterocycles. The number of rotatable bonds is 2. The second-order valence-electron chi connectivity index (χ2n) is 4.74. The molecule has 108 valence electrons. The summed E-state index contributed by atoms with van der Waals surface area (Å²) in [6, 6.07) is 10.5. The van der Waals surface area contributed by atoms with Crippen LogP contribution in [0, 0.1) is 0 Å². The van der Waals surface area contributed by atoms with E-state index >= 15 is 0 Å². The van der Waals surface area contributed by atoms with Gasteiger partial charge in [-0.25, -0.2) is 0 Å². The second kappa shape index (κ2) is 5.47. The highest BCUT2D eigenvalue weighted by Crippen LogP contribution is 2.35. The predicted molar refractivity (Wildman–Crippen MR) is 84.0 cm³/mol. The van der Waals surface area contributed by atoms with Crippen LogP contribution in [0.4, 0.5) is 11.4 Å². The third-order valence-electron chi connectivity index (χ3n) is 3.25. The molecule has 0 atom stereocenters. The number of nitrogen functional groups attached to an aromatic ring is 1. The summed E-state index contributed by atoms with van der Waals surface area (Å²) < 4.78 is 5.41. The van der Waals surface area contributed by atoms with E-state index in [4.69, 9.17) is 33.7 Å². The highest BCUT2D eigenvalue weighted by molar-refractivity contribution is 6.42. The van der Waals surface area contributed by atoms with Gasteiger partial charge in [-0.2, -0.15) is 0 Å². The summed E-state index contributed by atoms with van der Waals surface area (Å²) in [4.78, 5) is 13.8. The van der Waals surface area contributed by atoms with Crippen molar-refractivity contribution in [2.45, 2.75) is 6.54 Å². The van der Waals surface area contributed by atoms with Gasteiger partial charge in [-0.3, -0.25) is 4.79 Å². The lowest BCUT2D eigenvalue weighted by molar-refractivity contribution is -0.121. The van der Waals surface area contributed by atoms with Crippen LogP contribution in [0.2, 0.25) is 10.0 Å². The number of benzene rings is 2. The Balaban J connectivity index is 1.96. The van der Waals surface area contributed by atoms with E-state index in [9.17, 15) is 4.79 Å². The summed E-state index contributed by atoms with van der Waals surface area (Å²) in [5, 5.41) is 0.945. The smallest absolute Gasteiger partial charge is 0.265 e. The largest absolute Gasteiger partial charge is 0.482 e. The van der Waals surface area contributed by atoms with Crippen LogP contribution in [0.5, 0.6) is 5.75 Å². The van der Waals surface area contributed by atoms with Gasteiger partial charge in [-0.05, 0) is 35.9 Å². The summed E-state index contributed by atoms with van der Waals surface area (Å²) >= 11 is 11.9. The minimum absolute atomic E-state index is 0.0121. The fraction of sp³-hybridized carbons (Fsp3) is 0.133. The molecule has 0 saturated carbocycles.